The molecular weight excluding hydrogens is 394 g/mol. The Labute approximate surface area is 186 Å². The SMILES string of the molecule is c1ccc(-c2cccc(N3c4ccccc4CCc4ccc(-c5ncco5)cc43)c2)nc1. The van der Waals surface area contributed by atoms with E-state index < -0.39 is 0 Å². The number of rotatable bonds is 3. The average Bonchev–Trinajstić information content (AvgIpc) is 3.34. The smallest absolute Gasteiger partial charge is 0.225 e. The van der Waals surface area contributed by atoms with E-state index in [1.807, 2.05) is 24.4 Å². The molecule has 32 heavy (non-hydrogen) atoms. The van der Waals surface area contributed by atoms with Crippen LogP contribution in [0.15, 0.2) is 108 Å². The lowest BCUT2D eigenvalue weighted by atomic mass is 10.0. The van der Waals surface area contributed by atoms with Crippen molar-refractivity contribution in [3.8, 4) is 22.7 Å². The van der Waals surface area contributed by atoms with Crippen LogP contribution in [0.3, 0.4) is 0 Å². The molecule has 6 rings (SSSR count). The van der Waals surface area contributed by atoms with E-state index in [-0.39, 0.29) is 0 Å². The molecule has 0 atom stereocenters. The Morgan fingerprint density at radius 3 is 2.38 bits per heavy atom. The minimum Gasteiger partial charge on any atom is -0.445 e. The van der Waals surface area contributed by atoms with E-state index >= 15 is 0 Å². The molecule has 0 saturated carbocycles. The van der Waals surface area contributed by atoms with Crippen molar-refractivity contribution in [2.45, 2.75) is 12.8 Å². The second-order valence-corrected chi connectivity index (χ2v) is 7.91. The van der Waals surface area contributed by atoms with Gasteiger partial charge in [0, 0.05) is 28.7 Å². The van der Waals surface area contributed by atoms with Gasteiger partial charge in [0.05, 0.1) is 17.6 Å². The van der Waals surface area contributed by atoms with Gasteiger partial charge in [0.15, 0.2) is 0 Å². The van der Waals surface area contributed by atoms with E-state index in [1.54, 1.807) is 12.5 Å². The van der Waals surface area contributed by atoms with Gasteiger partial charge in [0.1, 0.15) is 6.26 Å². The van der Waals surface area contributed by atoms with Gasteiger partial charge in [-0.25, -0.2) is 4.98 Å². The van der Waals surface area contributed by atoms with Gasteiger partial charge in [-0.3, -0.25) is 4.98 Å². The summed E-state index contributed by atoms with van der Waals surface area (Å²) in [5.74, 6) is 0.632. The van der Waals surface area contributed by atoms with Crippen LogP contribution in [0.2, 0.25) is 0 Å². The third-order valence-corrected chi connectivity index (χ3v) is 5.97. The van der Waals surface area contributed by atoms with Gasteiger partial charge >= 0.3 is 0 Å². The number of hydrogen-bond donors (Lipinski definition) is 0. The van der Waals surface area contributed by atoms with Crippen LogP contribution in [-0.4, -0.2) is 9.97 Å². The van der Waals surface area contributed by atoms with E-state index in [9.17, 15) is 0 Å². The van der Waals surface area contributed by atoms with Crippen LogP contribution in [0.4, 0.5) is 17.1 Å². The van der Waals surface area contributed by atoms with Crippen LogP contribution in [0.1, 0.15) is 11.1 Å². The molecule has 3 heterocycles. The molecular formula is C28H21N3O. The molecule has 4 heteroatoms. The summed E-state index contributed by atoms with van der Waals surface area (Å²) in [4.78, 5) is 11.3. The van der Waals surface area contributed by atoms with Crippen molar-refractivity contribution in [1.82, 2.24) is 9.97 Å². The average molecular weight is 415 g/mol. The first kappa shape index (κ1) is 18.6. The van der Waals surface area contributed by atoms with Crippen LogP contribution in [-0.2, 0) is 12.8 Å². The molecule has 0 aliphatic carbocycles. The van der Waals surface area contributed by atoms with Crippen molar-refractivity contribution in [2.24, 2.45) is 0 Å². The van der Waals surface area contributed by atoms with Crippen LogP contribution in [0, 0.1) is 0 Å². The van der Waals surface area contributed by atoms with Gasteiger partial charge in [-0.15, -0.1) is 0 Å². The fourth-order valence-corrected chi connectivity index (χ4v) is 4.44. The van der Waals surface area contributed by atoms with Gasteiger partial charge in [-0.2, -0.15) is 0 Å². The molecule has 0 N–H and O–H groups in total. The zero-order valence-electron chi connectivity index (χ0n) is 17.5. The van der Waals surface area contributed by atoms with E-state index in [0.717, 1.165) is 41.0 Å². The van der Waals surface area contributed by atoms with Crippen LogP contribution >= 0.6 is 0 Å². The maximum atomic E-state index is 5.59. The van der Waals surface area contributed by atoms with Gasteiger partial charge in [-0.05, 0) is 66.4 Å². The monoisotopic (exact) mass is 415 g/mol. The van der Waals surface area contributed by atoms with E-state index in [4.69, 9.17) is 4.42 Å². The Morgan fingerprint density at radius 2 is 1.53 bits per heavy atom. The molecule has 0 spiro atoms. The lowest BCUT2D eigenvalue weighted by Crippen LogP contribution is -2.12. The number of anilines is 3. The molecule has 154 valence electrons. The number of aryl methyl sites for hydroxylation is 2. The minimum absolute atomic E-state index is 0.632. The molecule has 0 bridgehead atoms. The summed E-state index contributed by atoms with van der Waals surface area (Å²) in [7, 11) is 0. The predicted octanol–water partition coefficient (Wildman–Crippen LogP) is 6.97. The predicted molar refractivity (Wildman–Crippen MR) is 127 cm³/mol. The topological polar surface area (TPSA) is 42.2 Å². The lowest BCUT2D eigenvalue weighted by molar-refractivity contribution is 0.574. The van der Waals surface area contributed by atoms with E-state index in [1.165, 1.54) is 16.8 Å². The van der Waals surface area contributed by atoms with Crippen LogP contribution in [0.5, 0.6) is 0 Å². The second-order valence-electron chi connectivity index (χ2n) is 7.91. The Bertz CT molecular complexity index is 1380. The zero-order chi connectivity index (χ0) is 21.3. The number of fused-ring (bicyclic) bond motifs is 2. The second kappa shape index (κ2) is 7.82. The highest BCUT2D eigenvalue weighted by Crippen LogP contribution is 2.43. The summed E-state index contributed by atoms with van der Waals surface area (Å²) < 4.78 is 5.59. The molecule has 0 unspecified atom stereocenters. The third-order valence-electron chi connectivity index (χ3n) is 5.97. The van der Waals surface area contributed by atoms with Crippen molar-refractivity contribution >= 4 is 17.1 Å². The van der Waals surface area contributed by atoms with Gasteiger partial charge in [0.2, 0.25) is 5.89 Å². The first-order chi connectivity index (χ1) is 15.9. The highest BCUT2D eigenvalue weighted by molar-refractivity contribution is 5.84. The van der Waals surface area contributed by atoms with Crippen molar-refractivity contribution in [3.05, 3.63) is 115 Å². The van der Waals surface area contributed by atoms with Crippen molar-refractivity contribution < 1.29 is 4.42 Å². The van der Waals surface area contributed by atoms with E-state index in [2.05, 4.69) is 81.6 Å². The molecule has 0 saturated heterocycles. The number of para-hydroxylation sites is 1. The summed E-state index contributed by atoms with van der Waals surface area (Å²) >= 11 is 0. The number of aromatic nitrogens is 2. The highest BCUT2D eigenvalue weighted by Gasteiger charge is 2.23. The Kier molecular flexibility index (Phi) is 4.54. The summed E-state index contributed by atoms with van der Waals surface area (Å²) in [6.45, 7) is 0. The fourth-order valence-electron chi connectivity index (χ4n) is 4.44. The number of oxazole rings is 1. The Hall–Kier alpha value is -4.18. The first-order valence-electron chi connectivity index (χ1n) is 10.8. The first-order valence-corrected chi connectivity index (χ1v) is 10.8. The molecule has 3 aromatic carbocycles. The standard InChI is InChI=1S/C28H21N3O/c1-2-10-26-20(6-1)11-12-21-13-14-23(28-30-16-17-32-28)19-27(21)31(26)24-8-5-7-22(18-24)25-9-3-4-15-29-25/h1-10,13-19H,11-12H2. The van der Waals surface area contributed by atoms with Crippen molar-refractivity contribution in [3.63, 3.8) is 0 Å². The minimum atomic E-state index is 0.632. The molecule has 0 radical (unpaired) electrons. The van der Waals surface area contributed by atoms with Gasteiger partial charge < -0.3 is 9.32 Å². The number of benzene rings is 3. The lowest BCUT2D eigenvalue weighted by Gasteiger charge is -2.28. The summed E-state index contributed by atoms with van der Waals surface area (Å²) in [5, 5.41) is 0. The quantitative estimate of drug-likeness (QED) is 0.319. The van der Waals surface area contributed by atoms with Crippen LogP contribution < -0.4 is 4.90 Å². The van der Waals surface area contributed by atoms with Crippen molar-refractivity contribution in [2.75, 3.05) is 4.90 Å². The largest absolute Gasteiger partial charge is 0.445 e. The number of nitrogens with zero attached hydrogens (tertiary/aromatic N) is 3. The fraction of sp³-hybridized carbons (Fsp3) is 0.0714. The number of pyridine rings is 1. The molecule has 1 aliphatic heterocycles. The molecule has 4 nitrogen and oxygen atoms in total. The summed E-state index contributed by atoms with van der Waals surface area (Å²) in [6.07, 6.45) is 7.11. The van der Waals surface area contributed by atoms with Gasteiger partial charge in [-0.1, -0.05) is 42.5 Å². The highest BCUT2D eigenvalue weighted by atomic mass is 16.3. The molecule has 0 amide bonds. The zero-order valence-corrected chi connectivity index (χ0v) is 17.5. The molecule has 1 aliphatic rings. The molecule has 2 aromatic heterocycles. The maximum Gasteiger partial charge on any atom is 0.225 e. The van der Waals surface area contributed by atoms with Crippen molar-refractivity contribution in [1.29, 1.82) is 0 Å². The van der Waals surface area contributed by atoms with Gasteiger partial charge in [0.25, 0.3) is 0 Å². The van der Waals surface area contributed by atoms with E-state index in [0.29, 0.717) is 5.89 Å². The normalized spacial score (nSPS) is 12.7. The Balaban J connectivity index is 1.56. The number of hydrogen-bond acceptors (Lipinski definition) is 4. The van der Waals surface area contributed by atoms with Crippen LogP contribution in [0.25, 0.3) is 22.7 Å². The molecule has 0 fully saturated rings. The summed E-state index contributed by atoms with van der Waals surface area (Å²) in [5.41, 5.74) is 9.14. The third kappa shape index (κ3) is 3.26. The Morgan fingerprint density at radius 1 is 0.656 bits per heavy atom. The molecule has 5 aromatic rings. The summed E-state index contributed by atoms with van der Waals surface area (Å²) in [6, 6.07) is 29.8. The maximum absolute atomic E-state index is 5.59.